The fourth-order valence-corrected chi connectivity index (χ4v) is 6.87. The Bertz CT molecular complexity index is 1210. The number of rotatable bonds is 7. The van der Waals surface area contributed by atoms with Crippen LogP contribution in [-0.2, 0) is 24.7 Å². The van der Waals surface area contributed by atoms with E-state index >= 15 is 0 Å². The molecule has 2 aromatic heterocycles. The number of thioether (sulfide) groups is 1. The minimum absolute atomic E-state index is 0.111. The van der Waals surface area contributed by atoms with Crippen LogP contribution in [0.15, 0.2) is 35.5 Å². The first-order valence-corrected chi connectivity index (χ1v) is 13.3. The molecule has 0 radical (unpaired) electrons. The summed E-state index contributed by atoms with van der Waals surface area (Å²) in [5, 5.41) is 22.9. The quantitative estimate of drug-likeness (QED) is 0.469. The fraction of sp³-hybridized carbons (Fsp3) is 0.440. The number of thiophene rings is 1. The number of carbonyl (C=O) groups excluding carboxylic acids is 1. The number of amides is 1. The van der Waals surface area contributed by atoms with E-state index in [2.05, 4.69) is 52.8 Å². The van der Waals surface area contributed by atoms with Gasteiger partial charge in [0.1, 0.15) is 16.9 Å². The number of benzene rings is 1. The molecule has 1 aromatic carbocycles. The first-order valence-electron chi connectivity index (χ1n) is 11.5. The van der Waals surface area contributed by atoms with Crippen LogP contribution in [0.1, 0.15) is 65.4 Å². The monoisotopic (exact) mass is 477 g/mol. The van der Waals surface area contributed by atoms with Crippen molar-refractivity contribution in [3.63, 3.8) is 0 Å². The van der Waals surface area contributed by atoms with E-state index in [-0.39, 0.29) is 11.7 Å². The fourth-order valence-electron chi connectivity index (χ4n) is 4.83. The maximum Gasteiger partial charge on any atom is 0.235 e. The van der Waals surface area contributed by atoms with Gasteiger partial charge in [-0.25, -0.2) is 0 Å². The minimum Gasteiger partial charge on any atom is -0.316 e. The molecule has 0 saturated heterocycles. The predicted molar refractivity (Wildman–Crippen MR) is 132 cm³/mol. The molecule has 33 heavy (non-hydrogen) atoms. The SMILES string of the molecule is CCC1CCc2c(sc(NC(=O)CSc3nnc(C4CC4c4ccccc4)n3C)c2C#N)C1. The third-order valence-electron chi connectivity index (χ3n) is 6.86. The number of hydrogen-bond acceptors (Lipinski definition) is 6. The van der Waals surface area contributed by atoms with Crippen LogP contribution in [0.4, 0.5) is 5.00 Å². The topological polar surface area (TPSA) is 83.6 Å². The summed E-state index contributed by atoms with van der Waals surface area (Å²) in [5.74, 6) is 2.67. The zero-order chi connectivity index (χ0) is 22.9. The molecule has 2 aliphatic carbocycles. The Morgan fingerprint density at radius 2 is 2.12 bits per heavy atom. The Morgan fingerprint density at radius 1 is 1.30 bits per heavy atom. The second-order valence-electron chi connectivity index (χ2n) is 8.93. The van der Waals surface area contributed by atoms with Crippen molar-refractivity contribution in [2.45, 2.75) is 56.0 Å². The van der Waals surface area contributed by atoms with E-state index in [1.54, 1.807) is 11.3 Å². The standard InChI is InChI=1S/C25H27N5OS2/c1-3-15-9-10-17-20(13-26)24(33-21(17)11-15)27-22(31)14-32-25-29-28-23(30(25)2)19-12-18(19)16-7-5-4-6-8-16/h4-8,15,18-19H,3,9-12,14H2,1-2H3,(H,27,31). The lowest BCUT2D eigenvalue weighted by atomic mass is 9.86. The second kappa shape index (κ2) is 9.32. The molecule has 2 aliphatic rings. The van der Waals surface area contributed by atoms with Gasteiger partial charge in [0.15, 0.2) is 5.16 Å². The van der Waals surface area contributed by atoms with E-state index in [4.69, 9.17) is 0 Å². The first-order chi connectivity index (χ1) is 16.1. The van der Waals surface area contributed by atoms with Crippen LogP contribution >= 0.6 is 23.1 Å². The van der Waals surface area contributed by atoms with Gasteiger partial charge in [0.2, 0.25) is 5.91 Å². The zero-order valence-corrected chi connectivity index (χ0v) is 20.5. The maximum absolute atomic E-state index is 12.7. The lowest BCUT2D eigenvalue weighted by molar-refractivity contribution is -0.113. The molecule has 3 atom stereocenters. The number of nitrogens with zero attached hydrogens (tertiary/aromatic N) is 4. The van der Waals surface area contributed by atoms with Crippen LogP contribution in [0.5, 0.6) is 0 Å². The Kier molecular flexibility index (Phi) is 6.26. The number of anilines is 1. The van der Waals surface area contributed by atoms with E-state index in [1.807, 2.05) is 17.7 Å². The van der Waals surface area contributed by atoms with Gasteiger partial charge in [-0.05, 0) is 48.6 Å². The summed E-state index contributed by atoms with van der Waals surface area (Å²) in [6.45, 7) is 2.22. The molecule has 8 heteroatoms. The average molecular weight is 478 g/mol. The molecule has 6 nitrogen and oxygen atoms in total. The Morgan fingerprint density at radius 3 is 2.88 bits per heavy atom. The molecule has 3 unspecified atom stereocenters. The van der Waals surface area contributed by atoms with Crippen molar-refractivity contribution in [2.75, 3.05) is 11.1 Å². The molecule has 5 rings (SSSR count). The maximum atomic E-state index is 12.7. The number of hydrogen-bond donors (Lipinski definition) is 1. The number of nitriles is 1. The van der Waals surface area contributed by atoms with Gasteiger partial charge in [0, 0.05) is 17.8 Å². The molecule has 1 fully saturated rings. The molecule has 1 saturated carbocycles. The molecule has 0 aliphatic heterocycles. The van der Waals surface area contributed by atoms with Gasteiger partial charge in [-0.1, -0.05) is 55.4 Å². The van der Waals surface area contributed by atoms with Gasteiger partial charge in [-0.2, -0.15) is 5.26 Å². The molecule has 170 valence electrons. The Balaban J connectivity index is 1.21. The highest BCUT2D eigenvalue weighted by molar-refractivity contribution is 7.99. The molecule has 0 bridgehead atoms. The van der Waals surface area contributed by atoms with Gasteiger partial charge in [0.05, 0.1) is 11.3 Å². The van der Waals surface area contributed by atoms with E-state index in [9.17, 15) is 10.1 Å². The molecule has 0 spiro atoms. The summed E-state index contributed by atoms with van der Waals surface area (Å²) < 4.78 is 2.01. The summed E-state index contributed by atoms with van der Waals surface area (Å²) in [6, 6.07) is 12.9. The number of aromatic nitrogens is 3. The van der Waals surface area contributed by atoms with Gasteiger partial charge in [-0.15, -0.1) is 21.5 Å². The van der Waals surface area contributed by atoms with Crippen LogP contribution in [0.2, 0.25) is 0 Å². The first kappa shape index (κ1) is 22.2. The van der Waals surface area contributed by atoms with Gasteiger partial charge < -0.3 is 9.88 Å². The average Bonchev–Trinajstić information content (AvgIpc) is 3.43. The Labute approximate surface area is 202 Å². The van der Waals surface area contributed by atoms with Crippen molar-refractivity contribution in [2.24, 2.45) is 13.0 Å². The molecule has 2 heterocycles. The van der Waals surface area contributed by atoms with Crippen molar-refractivity contribution in [1.82, 2.24) is 14.8 Å². The number of carbonyl (C=O) groups is 1. The summed E-state index contributed by atoms with van der Waals surface area (Å²) in [5.41, 5.74) is 3.14. The summed E-state index contributed by atoms with van der Waals surface area (Å²) >= 11 is 2.97. The Hall–Kier alpha value is -2.63. The van der Waals surface area contributed by atoms with Crippen molar-refractivity contribution in [3.8, 4) is 6.07 Å². The molecule has 3 aromatic rings. The highest BCUT2D eigenvalue weighted by Gasteiger charge is 2.43. The lowest BCUT2D eigenvalue weighted by Gasteiger charge is -2.20. The van der Waals surface area contributed by atoms with Crippen LogP contribution in [0, 0.1) is 17.2 Å². The molecular weight excluding hydrogens is 450 g/mol. The van der Waals surface area contributed by atoms with Crippen molar-refractivity contribution < 1.29 is 4.79 Å². The van der Waals surface area contributed by atoms with E-state index in [0.717, 1.165) is 48.6 Å². The number of nitrogens with one attached hydrogen (secondary N) is 1. The smallest absolute Gasteiger partial charge is 0.235 e. The predicted octanol–water partition coefficient (Wildman–Crippen LogP) is 5.27. The highest BCUT2D eigenvalue weighted by Crippen LogP contribution is 2.54. The van der Waals surface area contributed by atoms with Gasteiger partial charge >= 0.3 is 0 Å². The summed E-state index contributed by atoms with van der Waals surface area (Å²) in [7, 11) is 1.97. The van der Waals surface area contributed by atoms with Gasteiger partial charge in [-0.3, -0.25) is 4.79 Å². The minimum atomic E-state index is -0.111. The number of fused-ring (bicyclic) bond motifs is 1. The summed E-state index contributed by atoms with van der Waals surface area (Å²) in [4.78, 5) is 14.0. The van der Waals surface area contributed by atoms with E-state index in [0.29, 0.717) is 28.3 Å². The van der Waals surface area contributed by atoms with E-state index < -0.39 is 0 Å². The lowest BCUT2D eigenvalue weighted by Crippen LogP contribution is -2.14. The zero-order valence-electron chi connectivity index (χ0n) is 18.9. The van der Waals surface area contributed by atoms with Crippen LogP contribution in [0.25, 0.3) is 0 Å². The van der Waals surface area contributed by atoms with Crippen molar-refractivity contribution in [3.05, 3.63) is 57.7 Å². The van der Waals surface area contributed by atoms with Crippen LogP contribution in [0.3, 0.4) is 0 Å². The van der Waals surface area contributed by atoms with Crippen molar-refractivity contribution >= 4 is 34.0 Å². The second-order valence-corrected chi connectivity index (χ2v) is 11.0. The highest BCUT2D eigenvalue weighted by atomic mass is 32.2. The van der Waals surface area contributed by atoms with Crippen molar-refractivity contribution in [1.29, 1.82) is 5.26 Å². The third kappa shape index (κ3) is 4.44. The normalized spacial score (nSPS) is 21.3. The van der Waals surface area contributed by atoms with Gasteiger partial charge in [0.25, 0.3) is 0 Å². The molecular formula is C25H27N5OS2. The van der Waals surface area contributed by atoms with Crippen LogP contribution < -0.4 is 5.32 Å². The largest absolute Gasteiger partial charge is 0.316 e. The third-order valence-corrected chi connectivity index (χ3v) is 9.05. The van der Waals surface area contributed by atoms with E-state index in [1.165, 1.54) is 22.2 Å². The molecule has 1 N–H and O–H groups in total. The van der Waals surface area contributed by atoms with Crippen LogP contribution in [-0.4, -0.2) is 26.4 Å². The summed E-state index contributed by atoms with van der Waals surface area (Å²) in [6.07, 6.45) is 5.32. The molecule has 1 amide bonds.